The first-order valence-electron chi connectivity index (χ1n) is 7.63. The van der Waals surface area contributed by atoms with Crippen molar-refractivity contribution in [2.75, 3.05) is 13.1 Å². The number of aliphatic carboxylic acids is 1. The number of carbonyl (C=O) groups is 2. The van der Waals surface area contributed by atoms with Crippen LogP contribution in [0.4, 0.5) is 4.39 Å². The smallest absolute Gasteiger partial charge is 0.308 e. The normalized spacial score (nSPS) is 23.1. The summed E-state index contributed by atoms with van der Waals surface area (Å²) in [7, 11) is 0. The summed E-state index contributed by atoms with van der Waals surface area (Å²) in [4.78, 5) is 25.4. The first-order chi connectivity index (χ1) is 10.4. The van der Waals surface area contributed by atoms with Gasteiger partial charge in [0.2, 0.25) is 5.91 Å². The van der Waals surface area contributed by atoms with Crippen LogP contribution in [0.1, 0.15) is 25.8 Å². The number of piperidine rings is 1. The Morgan fingerprint density at radius 3 is 2.77 bits per heavy atom. The zero-order valence-corrected chi connectivity index (χ0v) is 13.0. The average molecular weight is 307 g/mol. The monoisotopic (exact) mass is 307 g/mol. The van der Waals surface area contributed by atoms with Gasteiger partial charge in [-0.2, -0.15) is 0 Å². The van der Waals surface area contributed by atoms with Gasteiger partial charge in [-0.15, -0.1) is 0 Å². The first-order valence-corrected chi connectivity index (χ1v) is 7.63. The highest BCUT2D eigenvalue weighted by atomic mass is 19.1. The van der Waals surface area contributed by atoms with Gasteiger partial charge in [0.05, 0.1) is 5.92 Å². The zero-order chi connectivity index (χ0) is 16.3. The molecule has 5 heteroatoms. The summed E-state index contributed by atoms with van der Waals surface area (Å²) in [5.41, 5.74) is 0.778. The van der Waals surface area contributed by atoms with Gasteiger partial charge in [-0.1, -0.05) is 26.0 Å². The molecule has 1 aliphatic heterocycles. The second-order valence-electron chi connectivity index (χ2n) is 6.35. The molecule has 1 amide bonds. The highest BCUT2D eigenvalue weighted by molar-refractivity contribution is 5.80. The fraction of sp³-hybridized carbons (Fsp3) is 0.529. The number of carboxylic acids is 1. The van der Waals surface area contributed by atoms with Gasteiger partial charge in [-0.05, 0) is 36.5 Å². The molecule has 1 heterocycles. The Kier molecular flexibility index (Phi) is 5.16. The number of rotatable bonds is 4. The largest absolute Gasteiger partial charge is 0.481 e. The van der Waals surface area contributed by atoms with Crippen LogP contribution in [0, 0.1) is 23.6 Å². The molecular weight excluding hydrogens is 285 g/mol. The minimum atomic E-state index is -0.845. The predicted molar refractivity (Wildman–Crippen MR) is 80.8 cm³/mol. The Hall–Kier alpha value is -1.91. The molecule has 0 spiro atoms. The van der Waals surface area contributed by atoms with E-state index in [0.29, 0.717) is 19.4 Å². The van der Waals surface area contributed by atoms with Crippen molar-refractivity contribution in [3.63, 3.8) is 0 Å². The van der Waals surface area contributed by atoms with E-state index in [0.717, 1.165) is 5.56 Å². The molecule has 1 saturated heterocycles. The number of hydrogen-bond donors (Lipinski definition) is 1. The van der Waals surface area contributed by atoms with Crippen LogP contribution in [-0.2, 0) is 16.0 Å². The number of carboxylic acid groups (broad SMARTS) is 1. The van der Waals surface area contributed by atoms with Crippen LogP contribution in [0.15, 0.2) is 24.3 Å². The lowest BCUT2D eigenvalue weighted by Gasteiger charge is -2.36. The van der Waals surface area contributed by atoms with Crippen LogP contribution >= 0.6 is 0 Å². The van der Waals surface area contributed by atoms with E-state index in [1.165, 1.54) is 12.1 Å². The molecule has 1 aromatic carbocycles. The molecule has 2 rings (SSSR count). The van der Waals surface area contributed by atoms with Crippen LogP contribution in [0.5, 0.6) is 0 Å². The highest BCUT2D eigenvalue weighted by Crippen LogP contribution is 2.24. The first kappa shape index (κ1) is 16.5. The average Bonchev–Trinajstić information content (AvgIpc) is 2.45. The lowest BCUT2D eigenvalue weighted by Crippen LogP contribution is -2.47. The lowest BCUT2D eigenvalue weighted by atomic mass is 9.89. The third-order valence-electron chi connectivity index (χ3n) is 4.17. The van der Waals surface area contributed by atoms with Crippen LogP contribution in [0.25, 0.3) is 0 Å². The van der Waals surface area contributed by atoms with Gasteiger partial charge in [0.15, 0.2) is 0 Å². The predicted octanol–water partition coefficient (Wildman–Crippen LogP) is 2.57. The fourth-order valence-corrected chi connectivity index (χ4v) is 3.13. The van der Waals surface area contributed by atoms with Crippen molar-refractivity contribution in [2.24, 2.45) is 17.8 Å². The molecule has 1 aromatic rings. The number of nitrogens with zero attached hydrogens (tertiary/aromatic N) is 1. The van der Waals surface area contributed by atoms with Gasteiger partial charge in [0.25, 0.3) is 0 Å². The van der Waals surface area contributed by atoms with Gasteiger partial charge in [0.1, 0.15) is 5.82 Å². The molecule has 0 aliphatic carbocycles. The van der Waals surface area contributed by atoms with Gasteiger partial charge in [-0.3, -0.25) is 9.59 Å². The van der Waals surface area contributed by atoms with Crippen LogP contribution in [0.3, 0.4) is 0 Å². The van der Waals surface area contributed by atoms with Crippen LogP contribution in [0.2, 0.25) is 0 Å². The summed E-state index contributed by atoms with van der Waals surface area (Å²) < 4.78 is 13.2. The molecule has 1 aliphatic rings. The van der Waals surface area contributed by atoms with Crippen molar-refractivity contribution in [3.05, 3.63) is 35.6 Å². The zero-order valence-electron chi connectivity index (χ0n) is 13.0. The maximum atomic E-state index is 13.2. The SMILES string of the molecule is CC1CC(C(=O)O)CN(C(=O)C(C)Cc2cccc(F)c2)C1. The van der Waals surface area contributed by atoms with Crippen LogP contribution < -0.4 is 0 Å². The number of halogens is 1. The van der Waals surface area contributed by atoms with E-state index in [1.807, 2.05) is 13.8 Å². The summed E-state index contributed by atoms with van der Waals surface area (Å²) in [5.74, 6) is -1.81. The Morgan fingerprint density at radius 1 is 1.41 bits per heavy atom. The van der Waals surface area contributed by atoms with E-state index in [4.69, 9.17) is 0 Å². The summed E-state index contributed by atoms with van der Waals surface area (Å²) in [6.45, 7) is 4.64. The lowest BCUT2D eigenvalue weighted by molar-refractivity contribution is -0.148. The molecule has 0 bridgehead atoms. The number of carbonyl (C=O) groups excluding carboxylic acids is 1. The maximum absolute atomic E-state index is 13.2. The third kappa shape index (κ3) is 4.06. The molecule has 3 unspecified atom stereocenters. The van der Waals surface area contributed by atoms with Crippen molar-refractivity contribution < 1.29 is 19.1 Å². The number of amides is 1. The van der Waals surface area contributed by atoms with E-state index in [1.54, 1.807) is 17.0 Å². The van der Waals surface area contributed by atoms with Gasteiger partial charge < -0.3 is 10.0 Å². The Labute approximate surface area is 129 Å². The molecule has 0 aromatic heterocycles. The molecule has 1 fully saturated rings. The highest BCUT2D eigenvalue weighted by Gasteiger charge is 2.33. The molecule has 120 valence electrons. The van der Waals surface area contributed by atoms with E-state index in [2.05, 4.69) is 0 Å². The Morgan fingerprint density at radius 2 is 2.14 bits per heavy atom. The van der Waals surface area contributed by atoms with Crippen molar-refractivity contribution in [1.29, 1.82) is 0 Å². The van der Waals surface area contributed by atoms with E-state index >= 15 is 0 Å². The van der Waals surface area contributed by atoms with Crippen LogP contribution in [-0.4, -0.2) is 35.0 Å². The minimum Gasteiger partial charge on any atom is -0.481 e. The van der Waals surface area contributed by atoms with Gasteiger partial charge in [-0.25, -0.2) is 4.39 Å². The number of benzene rings is 1. The van der Waals surface area contributed by atoms with E-state index < -0.39 is 11.9 Å². The molecule has 1 N–H and O–H groups in total. The maximum Gasteiger partial charge on any atom is 0.308 e. The fourth-order valence-electron chi connectivity index (χ4n) is 3.13. The van der Waals surface area contributed by atoms with E-state index in [-0.39, 0.29) is 30.1 Å². The minimum absolute atomic E-state index is 0.0536. The molecule has 0 radical (unpaired) electrons. The molecule has 4 nitrogen and oxygen atoms in total. The standard InChI is InChI=1S/C17H22FNO3/c1-11-6-14(17(21)22)10-19(9-11)16(20)12(2)7-13-4-3-5-15(18)8-13/h3-5,8,11-12,14H,6-7,9-10H2,1-2H3,(H,21,22). The summed E-state index contributed by atoms with van der Waals surface area (Å²) in [6.07, 6.45) is 1.07. The molecule has 0 saturated carbocycles. The number of likely N-dealkylation sites (tertiary alicyclic amines) is 1. The topological polar surface area (TPSA) is 57.6 Å². The van der Waals surface area contributed by atoms with Gasteiger partial charge in [0, 0.05) is 19.0 Å². The van der Waals surface area contributed by atoms with Crippen molar-refractivity contribution in [3.8, 4) is 0 Å². The van der Waals surface area contributed by atoms with Crippen molar-refractivity contribution >= 4 is 11.9 Å². The quantitative estimate of drug-likeness (QED) is 0.930. The molecular formula is C17H22FNO3. The molecule has 3 atom stereocenters. The van der Waals surface area contributed by atoms with Crippen molar-refractivity contribution in [1.82, 2.24) is 4.90 Å². The summed E-state index contributed by atoms with van der Waals surface area (Å²) >= 11 is 0. The third-order valence-corrected chi connectivity index (χ3v) is 4.17. The van der Waals surface area contributed by atoms with Crippen molar-refractivity contribution in [2.45, 2.75) is 26.7 Å². The second-order valence-corrected chi connectivity index (χ2v) is 6.35. The summed E-state index contributed by atoms with van der Waals surface area (Å²) in [6, 6.07) is 6.24. The van der Waals surface area contributed by atoms with E-state index in [9.17, 15) is 19.1 Å². The molecule has 22 heavy (non-hydrogen) atoms. The Bertz CT molecular complexity index is 561. The second kappa shape index (κ2) is 6.90. The number of hydrogen-bond acceptors (Lipinski definition) is 2. The Balaban J connectivity index is 2.01. The van der Waals surface area contributed by atoms with Gasteiger partial charge >= 0.3 is 5.97 Å². The summed E-state index contributed by atoms with van der Waals surface area (Å²) in [5, 5.41) is 9.18.